The van der Waals surface area contributed by atoms with Crippen molar-refractivity contribution in [3.8, 4) is 0 Å². The Balaban J connectivity index is 2.64. The second-order valence-corrected chi connectivity index (χ2v) is 7.44. The Morgan fingerprint density at radius 1 is 1.11 bits per heavy atom. The molecule has 0 aliphatic heterocycles. The first-order valence-corrected chi connectivity index (χ1v) is 7.34. The number of aryl methyl sites for hydroxylation is 2. The van der Waals surface area contributed by atoms with Crippen molar-refractivity contribution in [2.45, 2.75) is 59.8 Å². The van der Waals surface area contributed by atoms with E-state index in [-0.39, 0.29) is 5.38 Å². The van der Waals surface area contributed by atoms with E-state index in [1.165, 1.54) is 23.1 Å². The van der Waals surface area contributed by atoms with Crippen molar-refractivity contribution in [2.75, 3.05) is 0 Å². The van der Waals surface area contributed by atoms with Crippen LogP contribution in [0.5, 0.6) is 0 Å². The average Bonchev–Trinajstić information content (AvgIpc) is 2.18. The number of benzene rings is 1. The van der Waals surface area contributed by atoms with Crippen molar-refractivity contribution in [2.24, 2.45) is 11.3 Å². The van der Waals surface area contributed by atoms with Crippen molar-refractivity contribution in [1.29, 1.82) is 0 Å². The fourth-order valence-electron chi connectivity index (χ4n) is 2.58. The number of alkyl halides is 1. The smallest absolute Gasteiger partial charge is 0.0587 e. The van der Waals surface area contributed by atoms with E-state index in [4.69, 9.17) is 11.6 Å². The lowest BCUT2D eigenvalue weighted by molar-refractivity contribution is 0.295. The summed E-state index contributed by atoms with van der Waals surface area (Å²) in [4.78, 5) is 0. The Morgan fingerprint density at radius 2 is 1.72 bits per heavy atom. The normalized spacial score (nSPS) is 15.5. The highest BCUT2D eigenvalue weighted by Gasteiger charge is 2.19. The topological polar surface area (TPSA) is 0 Å². The van der Waals surface area contributed by atoms with Gasteiger partial charge < -0.3 is 0 Å². The summed E-state index contributed by atoms with van der Waals surface area (Å²) >= 11 is 6.55. The first kappa shape index (κ1) is 15.6. The van der Waals surface area contributed by atoms with Gasteiger partial charge in [-0.15, -0.1) is 11.6 Å². The minimum Gasteiger partial charge on any atom is -0.118 e. The second-order valence-electron chi connectivity index (χ2n) is 6.92. The van der Waals surface area contributed by atoms with Crippen LogP contribution in [0.25, 0.3) is 0 Å². The molecule has 18 heavy (non-hydrogen) atoms. The molecule has 0 fully saturated rings. The number of hydrogen-bond acceptors (Lipinski definition) is 0. The maximum Gasteiger partial charge on any atom is 0.0587 e. The van der Waals surface area contributed by atoms with Gasteiger partial charge in [-0.1, -0.05) is 45.9 Å². The highest BCUT2D eigenvalue weighted by molar-refractivity contribution is 6.20. The zero-order valence-electron chi connectivity index (χ0n) is 12.7. The van der Waals surface area contributed by atoms with Crippen molar-refractivity contribution >= 4 is 11.6 Å². The fraction of sp³-hybridized carbons (Fsp3) is 0.647. The monoisotopic (exact) mass is 266 g/mol. The summed E-state index contributed by atoms with van der Waals surface area (Å²) < 4.78 is 0. The zero-order valence-corrected chi connectivity index (χ0v) is 13.4. The summed E-state index contributed by atoms with van der Waals surface area (Å²) in [5.74, 6) is 0.661. The molecule has 102 valence electrons. The van der Waals surface area contributed by atoms with Gasteiger partial charge in [0.25, 0.3) is 0 Å². The third-order valence-corrected chi connectivity index (χ3v) is 3.89. The molecule has 0 aromatic heterocycles. The molecule has 0 saturated carbocycles. The van der Waals surface area contributed by atoms with Crippen LogP contribution in [0, 0.1) is 25.2 Å². The number of rotatable bonds is 4. The molecule has 0 saturated heterocycles. The van der Waals surface area contributed by atoms with Crippen LogP contribution >= 0.6 is 11.6 Å². The molecule has 2 atom stereocenters. The van der Waals surface area contributed by atoms with Gasteiger partial charge in [-0.05, 0) is 54.7 Å². The molecule has 1 heteroatoms. The van der Waals surface area contributed by atoms with E-state index in [1.807, 2.05) is 0 Å². The number of hydrogen-bond donors (Lipinski definition) is 0. The Hall–Kier alpha value is -0.490. The van der Waals surface area contributed by atoms with Crippen molar-refractivity contribution in [3.63, 3.8) is 0 Å². The average molecular weight is 267 g/mol. The van der Waals surface area contributed by atoms with Gasteiger partial charge in [0.15, 0.2) is 0 Å². The predicted molar refractivity (Wildman–Crippen MR) is 82.4 cm³/mol. The van der Waals surface area contributed by atoms with Crippen LogP contribution in [0.15, 0.2) is 18.2 Å². The SMILES string of the molecule is Cc1ccc(C(Cl)CC(C)CC(C)(C)C)cc1C. The molecule has 2 unspecified atom stereocenters. The van der Waals surface area contributed by atoms with Gasteiger partial charge >= 0.3 is 0 Å². The van der Waals surface area contributed by atoms with Gasteiger partial charge in [0, 0.05) is 0 Å². The van der Waals surface area contributed by atoms with Crippen LogP contribution in [0.4, 0.5) is 0 Å². The lowest BCUT2D eigenvalue weighted by Crippen LogP contribution is -2.12. The fourth-order valence-corrected chi connectivity index (χ4v) is 3.02. The van der Waals surface area contributed by atoms with Crippen LogP contribution < -0.4 is 0 Å². The highest BCUT2D eigenvalue weighted by atomic mass is 35.5. The Morgan fingerprint density at radius 3 is 2.22 bits per heavy atom. The zero-order chi connectivity index (χ0) is 13.9. The largest absolute Gasteiger partial charge is 0.118 e. The van der Waals surface area contributed by atoms with Crippen molar-refractivity contribution in [3.05, 3.63) is 34.9 Å². The third-order valence-electron chi connectivity index (χ3n) is 3.46. The minimum absolute atomic E-state index is 0.140. The molecule has 0 nitrogen and oxygen atoms in total. The molecule has 0 N–H and O–H groups in total. The number of halogens is 1. The summed E-state index contributed by atoms with van der Waals surface area (Å²) in [5.41, 5.74) is 4.33. The molecular formula is C17H27Cl. The molecule has 0 aliphatic carbocycles. The molecule has 0 bridgehead atoms. The van der Waals surface area contributed by atoms with E-state index < -0.39 is 0 Å². The summed E-state index contributed by atoms with van der Waals surface area (Å²) in [6.45, 7) is 13.5. The van der Waals surface area contributed by atoms with Gasteiger partial charge in [-0.3, -0.25) is 0 Å². The molecule has 1 rings (SSSR count). The van der Waals surface area contributed by atoms with Crippen LogP contribution in [-0.4, -0.2) is 0 Å². The Kier molecular flexibility index (Phi) is 5.28. The molecule has 1 aromatic carbocycles. The first-order chi connectivity index (χ1) is 8.19. The summed E-state index contributed by atoms with van der Waals surface area (Å²) in [6.07, 6.45) is 2.28. The van der Waals surface area contributed by atoms with E-state index in [0.717, 1.165) is 6.42 Å². The van der Waals surface area contributed by atoms with E-state index >= 15 is 0 Å². The van der Waals surface area contributed by atoms with Crippen LogP contribution in [0.3, 0.4) is 0 Å². The highest BCUT2D eigenvalue weighted by Crippen LogP contribution is 2.34. The lowest BCUT2D eigenvalue weighted by atomic mass is 9.83. The lowest BCUT2D eigenvalue weighted by Gasteiger charge is -2.25. The Labute approximate surface area is 118 Å². The summed E-state index contributed by atoms with van der Waals surface area (Å²) in [6, 6.07) is 6.58. The maximum absolute atomic E-state index is 6.55. The molecule has 1 aromatic rings. The predicted octanol–water partition coefficient (Wildman–Crippen LogP) is 6.05. The van der Waals surface area contributed by atoms with E-state index in [9.17, 15) is 0 Å². The molecule has 0 aliphatic rings. The van der Waals surface area contributed by atoms with Crippen molar-refractivity contribution in [1.82, 2.24) is 0 Å². The van der Waals surface area contributed by atoms with E-state index in [2.05, 4.69) is 59.7 Å². The molecule has 0 radical (unpaired) electrons. The second kappa shape index (κ2) is 6.10. The van der Waals surface area contributed by atoms with Crippen molar-refractivity contribution < 1.29 is 0 Å². The van der Waals surface area contributed by atoms with Crippen LogP contribution in [0.2, 0.25) is 0 Å². The molecule has 0 spiro atoms. The van der Waals surface area contributed by atoms with Gasteiger partial charge in [0.05, 0.1) is 5.38 Å². The van der Waals surface area contributed by atoms with Crippen LogP contribution in [-0.2, 0) is 0 Å². The minimum atomic E-state index is 0.140. The van der Waals surface area contributed by atoms with Gasteiger partial charge in [-0.25, -0.2) is 0 Å². The van der Waals surface area contributed by atoms with E-state index in [0.29, 0.717) is 11.3 Å². The quantitative estimate of drug-likeness (QED) is 0.582. The Bertz CT molecular complexity index is 387. The molecule has 0 amide bonds. The summed E-state index contributed by atoms with van der Waals surface area (Å²) in [7, 11) is 0. The van der Waals surface area contributed by atoms with Gasteiger partial charge in [0.1, 0.15) is 0 Å². The van der Waals surface area contributed by atoms with Gasteiger partial charge in [-0.2, -0.15) is 0 Å². The first-order valence-electron chi connectivity index (χ1n) is 6.90. The molecule has 0 heterocycles. The maximum atomic E-state index is 6.55. The molecular weight excluding hydrogens is 240 g/mol. The third kappa shape index (κ3) is 5.02. The standard InChI is InChI=1S/C17H27Cl/c1-12(11-17(4,5)6)9-16(18)15-8-7-13(2)14(3)10-15/h7-8,10,12,16H,9,11H2,1-6H3. The van der Waals surface area contributed by atoms with Crippen LogP contribution in [0.1, 0.15) is 62.6 Å². The van der Waals surface area contributed by atoms with E-state index in [1.54, 1.807) is 0 Å². The summed E-state index contributed by atoms with van der Waals surface area (Å²) in [5, 5.41) is 0.140. The van der Waals surface area contributed by atoms with Gasteiger partial charge in [0.2, 0.25) is 0 Å².